The van der Waals surface area contributed by atoms with E-state index < -0.39 is 17.7 Å². The Kier molecular flexibility index (Phi) is 5.83. The highest BCUT2D eigenvalue weighted by molar-refractivity contribution is 5.99. The number of rotatable bonds is 4. The molecule has 30 heavy (non-hydrogen) atoms. The minimum atomic E-state index is -1.02. The number of nitrogens with one attached hydrogen (secondary N) is 2. The SMILES string of the molecule is O=C(Nc1ccc(-c2ccc(N3CCCCC3)nn2)cc1)Nc1ccc(F)c(F)c1. The molecule has 0 bridgehead atoms. The van der Waals surface area contributed by atoms with Crippen LogP contribution in [0.2, 0.25) is 0 Å². The van der Waals surface area contributed by atoms with Crippen LogP contribution in [0.4, 0.5) is 30.8 Å². The number of hydrogen-bond donors (Lipinski definition) is 2. The van der Waals surface area contributed by atoms with Crippen molar-refractivity contribution in [2.75, 3.05) is 28.6 Å². The molecule has 1 saturated heterocycles. The van der Waals surface area contributed by atoms with Gasteiger partial charge in [-0.2, -0.15) is 0 Å². The fourth-order valence-corrected chi connectivity index (χ4v) is 3.36. The molecule has 154 valence electrons. The van der Waals surface area contributed by atoms with Crippen LogP contribution in [0.5, 0.6) is 0 Å². The molecule has 6 nitrogen and oxygen atoms in total. The first-order valence-corrected chi connectivity index (χ1v) is 9.81. The van der Waals surface area contributed by atoms with Gasteiger partial charge >= 0.3 is 6.03 Å². The highest BCUT2D eigenvalue weighted by atomic mass is 19.2. The molecule has 1 fully saturated rings. The predicted molar refractivity (Wildman–Crippen MR) is 113 cm³/mol. The molecular weight excluding hydrogens is 388 g/mol. The number of amides is 2. The van der Waals surface area contributed by atoms with Crippen molar-refractivity contribution in [3.8, 4) is 11.3 Å². The minimum absolute atomic E-state index is 0.159. The quantitative estimate of drug-likeness (QED) is 0.632. The third-order valence-corrected chi connectivity index (χ3v) is 4.95. The lowest BCUT2D eigenvalue weighted by atomic mass is 10.1. The van der Waals surface area contributed by atoms with Crippen LogP contribution < -0.4 is 15.5 Å². The van der Waals surface area contributed by atoms with Crippen LogP contribution in [0.25, 0.3) is 11.3 Å². The zero-order valence-corrected chi connectivity index (χ0v) is 16.2. The molecule has 2 aromatic carbocycles. The number of hydrogen-bond acceptors (Lipinski definition) is 4. The second-order valence-electron chi connectivity index (χ2n) is 7.11. The Bertz CT molecular complexity index is 1020. The summed E-state index contributed by atoms with van der Waals surface area (Å²) in [5.41, 5.74) is 2.33. The zero-order chi connectivity index (χ0) is 20.9. The van der Waals surface area contributed by atoms with Gasteiger partial charge < -0.3 is 15.5 Å². The lowest BCUT2D eigenvalue weighted by molar-refractivity contribution is 0.262. The average molecular weight is 409 g/mol. The summed E-state index contributed by atoms with van der Waals surface area (Å²) in [7, 11) is 0. The summed E-state index contributed by atoms with van der Waals surface area (Å²) in [6.45, 7) is 2.03. The summed E-state index contributed by atoms with van der Waals surface area (Å²) >= 11 is 0. The van der Waals surface area contributed by atoms with E-state index in [4.69, 9.17) is 0 Å². The van der Waals surface area contributed by atoms with E-state index in [0.717, 1.165) is 42.3 Å². The minimum Gasteiger partial charge on any atom is -0.355 e. The Labute approximate surface area is 172 Å². The molecule has 8 heteroatoms. The molecule has 0 saturated carbocycles. The third-order valence-electron chi connectivity index (χ3n) is 4.95. The molecule has 2 heterocycles. The summed E-state index contributed by atoms with van der Waals surface area (Å²) in [4.78, 5) is 14.3. The van der Waals surface area contributed by atoms with Crippen molar-refractivity contribution in [2.45, 2.75) is 19.3 Å². The van der Waals surface area contributed by atoms with E-state index in [1.54, 1.807) is 12.1 Å². The Morgan fingerprint density at radius 3 is 2.17 bits per heavy atom. The van der Waals surface area contributed by atoms with E-state index in [0.29, 0.717) is 5.69 Å². The van der Waals surface area contributed by atoms with Crippen molar-refractivity contribution in [3.05, 3.63) is 66.2 Å². The largest absolute Gasteiger partial charge is 0.355 e. The number of urea groups is 1. The van der Waals surface area contributed by atoms with Crippen molar-refractivity contribution in [3.63, 3.8) is 0 Å². The van der Waals surface area contributed by atoms with E-state index >= 15 is 0 Å². The van der Waals surface area contributed by atoms with Crippen molar-refractivity contribution >= 4 is 23.2 Å². The van der Waals surface area contributed by atoms with Gasteiger partial charge in [-0.25, -0.2) is 13.6 Å². The van der Waals surface area contributed by atoms with Gasteiger partial charge in [0.1, 0.15) is 0 Å². The molecule has 0 spiro atoms. The maximum absolute atomic E-state index is 13.2. The van der Waals surface area contributed by atoms with E-state index in [1.807, 2.05) is 24.3 Å². The first-order valence-electron chi connectivity index (χ1n) is 9.81. The lowest BCUT2D eigenvalue weighted by Gasteiger charge is -2.27. The van der Waals surface area contributed by atoms with Crippen LogP contribution in [0.3, 0.4) is 0 Å². The molecule has 2 N–H and O–H groups in total. The summed E-state index contributed by atoms with van der Waals surface area (Å²) in [6.07, 6.45) is 3.63. The van der Waals surface area contributed by atoms with Crippen LogP contribution in [0.15, 0.2) is 54.6 Å². The molecule has 1 aliphatic heterocycles. The summed E-state index contributed by atoms with van der Waals surface area (Å²) in [5.74, 6) is -1.10. The molecule has 2 amide bonds. The van der Waals surface area contributed by atoms with Gasteiger partial charge in [0.2, 0.25) is 0 Å². The van der Waals surface area contributed by atoms with Gasteiger partial charge in [-0.05, 0) is 55.7 Å². The number of carbonyl (C=O) groups is 1. The molecule has 4 rings (SSSR count). The number of nitrogens with zero attached hydrogens (tertiary/aromatic N) is 3. The van der Waals surface area contributed by atoms with Gasteiger partial charge in [-0.3, -0.25) is 0 Å². The maximum Gasteiger partial charge on any atom is 0.323 e. The second kappa shape index (κ2) is 8.86. The summed E-state index contributed by atoms with van der Waals surface area (Å²) in [6, 6.07) is 13.7. The molecular formula is C22H21F2N5O. The van der Waals surface area contributed by atoms with Gasteiger partial charge in [0.15, 0.2) is 17.5 Å². The van der Waals surface area contributed by atoms with Gasteiger partial charge in [-0.15, -0.1) is 10.2 Å². The molecule has 0 unspecified atom stereocenters. The van der Waals surface area contributed by atoms with Crippen molar-refractivity contribution < 1.29 is 13.6 Å². The second-order valence-corrected chi connectivity index (χ2v) is 7.11. The number of anilines is 3. The zero-order valence-electron chi connectivity index (χ0n) is 16.2. The molecule has 1 aromatic heterocycles. The molecule has 0 aliphatic carbocycles. The fraction of sp³-hybridized carbons (Fsp3) is 0.227. The van der Waals surface area contributed by atoms with Gasteiger partial charge in [-0.1, -0.05) is 12.1 Å². The molecule has 0 radical (unpaired) electrons. The van der Waals surface area contributed by atoms with Crippen LogP contribution in [-0.4, -0.2) is 29.3 Å². The Morgan fingerprint density at radius 2 is 1.50 bits per heavy atom. The van der Waals surface area contributed by atoms with Crippen LogP contribution in [-0.2, 0) is 0 Å². The number of piperidine rings is 1. The average Bonchev–Trinajstić information content (AvgIpc) is 2.77. The number of carbonyl (C=O) groups excluding carboxylic acids is 1. The Balaban J connectivity index is 1.37. The fourth-order valence-electron chi connectivity index (χ4n) is 3.36. The van der Waals surface area contributed by atoms with Crippen molar-refractivity contribution in [1.82, 2.24) is 10.2 Å². The molecule has 0 atom stereocenters. The maximum atomic E-state index is 13.2. The first kappa shape index (κ1) is 19.8. The summed E-state index contributed by atoms with van der Waals surface area (Å²) < 4.78 is 26.2. The van der Waals surface area contributed by atoms with Gasteiger partial charge in [0.25, 0.3) is 0 Å². The van der Waals surface area contributed by atoms with Crippen molar-refractivity contribution in [2.24, 2.45) is 0 Å². The monoisotopic (exact) mass is 409 g/mol. The summed E-state index contributed by atoms with van der Waals surface area (Å²) in [5, 5.41) is 13.8. The number of benzene rings is 2. The van der Waals surface area contributed by atoms with Crippen molar-refractivity contribution in [1.29, 1.82) is 0 Å². The van der Waals surface area contributed by atoms with E-state index in [1.165, 1.54) is 25.3 Å². The lowest BCUT2D eigenvalue weighted by Crippen LogP contribution is -2.30. The van der Waals surface area contributed by atoms with Gasteiger partial charge in [0, 0.05) is 36.1 Å². The van der Waals surface area contributed by atoms with E-state index in [2.05, 4.69) is 25.7 Å². The van der Waals surface area contributed by atoms with E-state index in [-0.39, 0.29) is 5.69 Å². The van der Waals surface area contributed by atoms with Gasteiger partial charge in [0.05, 0.1) is 5.69 Å². The Morgan fingerprint density at radius 1 is 0.800 bits per heavy atom. The number of halogens is 2. The molecule has 3 aromatic rings. The topological polar surface area (TPSA) is 70.2 Å². The predicted octanol–water partition coefficient (Wildman–Crippen LogP) is 5.06. The molecule has 1 aliphatic rings. The van der Waals surface area contributed by atoms with Crippen LogP contribution in [0, 0.1) is 11.6 Å². The normalized spacial score (nSPS) is 13.7. The van der Waals surface area contributed by atoms with Crippen LogP contribution in [0.1, 0.15) is 19.3 Å². The van der Waals surface area contributed by atoms with E-state index in [9.17, 15) is 13.6 Å². The van der Waals surface area contributed by atoms with Crippen LogP contribution >= 0.6 is 0 Å². The number of aromatic nitrogens is 2. The smallest absolute Gasteiger partial charge is 0.323 e. The third kappa shape index (κ3) is 4.71. The Hall–Kier alpha value is -3.55. The highest BCUT2D eigenvalue weighted by Crippen LogP contribution is 2.22. The first-order chi connectivity index (χ1) is 14.6. The highest BCUT2D eigenvalue weighted by Gasteiger charge is 2.13. The standard InChI is InChI=1S/C22H21F2N5O/c23-18-9-8-17(14-19(18)24)26-22(30)25-16-6-4-15(5-7-16)20-10-11-21(28-27-20)29-12-2-1-3-13-29/h4-11,14H,1-3,12-13H2,(H2,25,26,30).